The van der Waals surface area contributed by atoms with Crippen molar-refractivity contribution in [3.8, 4) is 22.6 Å². The zero-order valence-corrected chi connectivity index (χ0v) is 19.0. The van der Waals surface area contributed by atoms with Gasteiger partial charge in [-0.25, -0.2) is 8.60 Å². The number of fused-ring (bicyclic) bond motifs is 1. The predicted molar refractivity (Wildman–Crippen MR) is 125 cm³/mol. The average Bonchev–Trinajstić information content (AvgIpc) is 3.38. The van der Waals surface area contributed by atoms with Crippen LogP contribution >= 0.6 is 0 Å². The van der Waals surface area contributed by atoms with E-state index in [0.29, 0.717) is 18.1 Å². The van der Waals surface area contributed by atoms with Crippen molar-refractivity contribution in [1.29, 1.82) is 0 Å². The van der Waals surface area contributed by atoms with Crippen LogP contribution in [0.3, 0.4) is 0 Å². The molecule has 1 aliphatic carbocycles. The van der Waals surface area contributed by atoms with Gasteiger partial charge < -0.3 is 9.47 Å². The molecule has 1 amide bonds. The van der Waals surface area contributed by atoms with Gasteiger partial charge in [0.25, 0.3) is 0 Å². The van der Waals surface area contributed by atoms with Crippen molar-refractivity contribution in [2.24, 2.45) is 0 Å². The van der Waals surface area contributed by atoms with E-state index in [4.69, 9.17) is 9.47 Å². The van der Waals surface area contributed by atoms with E-state index in [1.807, 2.05) is 43.3 Å². The Morgan fingerprint density at radius 3 is 2.64 bits per heavy atom. The van der Waals surface area contributed by atoms with Gasteiger partial charge in [0, 0.05) is 12.0 Å². The normalized spacial score (nSPS) is 21.5. The first-order valence-corrected chi connectivity index (χ1v) is 12.3. The number of benzene rings is 3. The molecule has 3 aromatic carbocycles. The highest BCUT2D eigenvalue weighted by Crippen LogP contribution is 2.42. The molecule has 0 bridgehead atoms. The van der Waals surface area contributed by atoms with E-state index < -0.39 is 11.0 Å². The maximum absolute atomic E-state index is 14.1. The van der Waals surface area contributed by atoms with Crippen molar-refractivity contribution in [2.45, 2.75) is 37.5 Å². The van der Waals surface area contributed by atoms with Crippen molar-refractivity contribution in [3.05, 3.63) is 83.2 Å². The van der Waals surface area contributed by atoms with Gasteiger partial charge in [-0.2, -0.15) is 0 Å². The monoisotopic (exact) mass is 465 g/mol. The fraction of sp³-hybridized carbons (Fsp3) is 0.269. The number of amides is 1. The molecule has 3 atom stereocenters. The fourth-order valence-electron chi connectivity index (χ4n) is 4.62. The summed E-state index contributed by atoms with van der Waals surface area (Å²) in [6.45, 7) is 2.42. The molecule has 5 rings (SSSR count). The van der Waals surface area contributed by atoms with Crippen LogP contribution in [0.25, 0.3) is 11.1 Å². The van der Waals surface area contributed by atoms with Crippen LogP contribution in [0.1, 0.15) is 47.8 Å². The molecule has 7 heteroatoms. The van der Waals surface area contributed by atoms with Gasteiger partial charge >= 0.3 is 0 Å². The molecule has 0 aromatic heterocycles. The van der Waals surface area contributed by atoms with Gasteiger partial charge in [-0.1, -0.05) is 30.3 Å². The summed E-state index contributed by atoms with van der Waals surface area (Å²) in [5, 5.41) is -0.327. The van der Waals surface area contributed by atoms with Crippen LogP contribution in [0.5, 0.6) is 11.5 Å². The molecule has 0 spiro atoms. The number of hydrogen-bond acceptors (Lipinski definition) is 4. The van der Waals surface area contributed by atoms with E-state index in [1.165, 1.54) is 12.1 Å². The van der Waals surface area contributed by atoms with Crippen molar-refractivity contribution in [1.82, 2.24) is 4.72 Å². The molecule has 1 fully saturated rings. The van der Waals surface area contributed by atoms with E-state index in [9.17, 15) is 13.4 Å². The van der Waals surface area contributed by atoms with Crippen LogP contribution in [-0.4, -0.2) is 16.7 Å². The molecule has 5 nitrogen and oxygen atoms in total. The molecule has 2 unspecified atom stereocenters. The molecule has 1 N–H and O–H groups in total. The van der Waals surface area contributed by atoms with Crippen LogP contribution < -0.4 is 14.2 Å². The van der Waals surface area contributed by atoms with E-state index in [-0.39, 0.29) is 29.5 Å². The molecular formula is C26H24FNO4S. The highest BCUT2D eigenvalue weighted by Gasteiger charge is 2.31. The summed E-state index contributed by atoms with van der Waals surface area (Å²) in [4.78, 5) is 11.5. The number of halogens is 1. The first-order chi connectivity index (χ1) is 16.0. The van der Waals surface area contributed by atoms with Crippen LogP contribution in [0.2, 0.25) is 0 Å². The lowest BCUT2D eigenvalue weighted by molar-refractivity contribution is -0.118. The van der Waals surface area contributed by atoms with Gasteiger partial charge in [0.1, 0.15) is 34.4 Å². The molecule has 33 heavy (non-hydrogen) atoms. The Morgan fingerprint density at radius 1 is 1.09 bits per heavy atom. The lowest BCUT2D eigenvalue weighted by Crippen LogP contribution is -2.15. The summed E-state index contributed by atoms with van der Waals surface area (Å²) in [6.07, 6.45) is 1.76. The lowest BCUT2D eigenvalue weighted by atomic mass is 9.96. The molecule has 0 saturated carbocycles. The molecule has 1 aliphatic heterocycles. The molecule has 0 radical (unpaired) electrons. The number of nitrogens with one attached hydrogen (secondary N) is 1. The van der Waals surface area contributed by atoms with Crippen LogP contribution in [0, 0.1) is 5.82 Å². The third-order valence-corrected chi connectivity index (χ3v) is 7.51. The highest BCUT2D eigenvalue weighted by molar-refractivity contribution is 7.84. The van der Waals surface area contributed by atoms with Gasteiger partial charge in [-0.15, -0.1) is 0 Å². The van der Waals surface area contributed by atoms with E-state index in [0.717, 1.165) is 40.7 Å². The summed E-state index contributed by atoms with van der Waals surface area (Å²) >= 11 is 0. The third-order valence-electron chi connectivity index (χ3n) is 6.12. The summed E-state index contributed by atoms with van der Waals surface area (Å²) in [5.41, 5.74) is 4.82. The highest BCUT2D eigenvalue weighted by atomic mass is 32.2. The number of rotatable bonds is 6. The van der Waals surface area contributed by atoms with Crippen molar-refractivity contribution >= 4 is 16.9 Å². The topological polar surface area (TPSA) is 64.6 Å². The number of hydrogen-bond donors (Lipinski definition) is 1. The van der Waals surface area contributed by atoms with Gasteiger partial charge in [0.05, 0.1) is 11.9 Å². The molecule has 3 aromatic rings. The number of carbonyl (C=O) groups excluding carboxylic acids is 1. The maximum atomic E-state index is 14.1. The molecule has 170 valence electrons. The molecule has 1 heterocycles. The Labute approximate surface area is 194 Å². The Balaban J connectivity index is 1.39. The number of carbonyl (C=O) groups is 1. The van der Waals surface area contributed by atoms with Gasteiger partial charge in [-0.05, 0) is 72.4 Å². The second kappa shape index (κ2) is 8.98. The summed E-state index contributed by atoms with van der Waals surface area (Å²) < 4.78 is 40.6. The average molecular weight is 466 g/mol. The maximum Gasteiger partial charge on any atom is 0.233 e. The van der Waals surface area contributed by atoms with Gasteiger partial charge in [0.2, 0.25) is 5.91 Å². The minimum absolute atomic E-state index is 0.112. The molecule has 2 aliphatic rings. The second-order valence-corrected chi connectivity index (χ2v) is 9.54. The quantitative estimate of drug-likeness (QED) is 0.545. The van der Waals surface area contributed by atoms with E-state index in [2.05, 4.69) is 10.8 Å². The van der Waals surface area contributed by atoms with Gasteiger partial charge in [-0.3, -0.25) is 9.52 Å². The first-order valence-electron chi connectivity index (χ1n) is 11.0. The number of ether oxygens (including phenoxy) is 2. The van der Waals surface area contributed by atoms with Crippen molar-refractivity contribution in [3.63, 3.8) is 0 Å². The van der Waals surface area contributed by atoms with Crippen molar-refractivity contribution in [2.75, 3.05) is 6.61 Å². The van der Waals surface area contributed by atoms with E-state index in [1.54, 1.807) is 6.07 Å². The Kier molecular flexibility index (Phi) is 5.89. The van der Waals surface area contributed by atoms with Crippen LogP contribution in [-0.2, 0) is 22.2 Å². The fourth-order valence-corrected chi connectivity index (χ4v) is 5.78. The Morgan fingerprint density at radius 2 is 1.91 bits per heavy atom. The summed E-state index contributed by atoms with van der Waals surface area (Å²) in [5.74, 6) is 0.898. The molecular weight excluding hydrogens is 441 g/mol. The summed E-state index contributed by atoms with van der Waals surface area (Å²) in [6, 6.07) is 18.1. The predicted octanol–water partition coefficient (Wildman–Crippen LogP) is 5.18. The summed E-state index contributed by atoms with van der Waals surface area (Å²) in [7, 11) is -1.39. The molecule has 1 saturated heterocycles. The van der Waals surface area contributed by atoms with Crippen LogP contribution in [0.4, 0.5) is 4.39 Å². The van der Waals surface area contributed by atoms with Crippen LogP contribution in [0.15, 0.2) is 60.7 Å². The standard InChI is InChI=1S/C26H24FNO4S/c1-2-31-23-12-8-17(27)14-22(23)19-4-3-5-21-20(19)11-13-24(21)32-18-9-6-16(7-10-18)25-15-26(29)28-33(25)30/h3-10,12,14,24-25H,2,11,13,15H2,1H3,(H,28,29)/t24-,25?,33?/m1/s1. The Bertz CT molecular complexity index is 1230. The minimum Gasteiger partial charge on any atom is -0.493 e. The zero-order chi connectivity index (χ0) is 22.9. The van der Waals surface area contributed by atoms with E-state index >= 15 is 0 Å². The largest absolute Gasteiger partial charge is 0.493 e. The third kappa shape index (κ3) is 4.25. The van der Waals surface area contributed by atoms with Gasteiger partial charge in [0.15, 0.2) is 0 Å². The smallest absolute Gasteiger partial charge is 0.233 e. The second-order valence-electron chi connectivity index (χ2n) is 8.18. The first kappa shape index (κ1) is 21.6. The zero-order valence-electron chi connectivity index (χ0n) is 18.2. The SMILES string of the molecule is CCOc1ccc(F)cc1-c1cccc2c1CC[C@H]2Oc1ccc(C2CC(=O)NS2=O)cc1. The minimum atomic E-state index is -1.39. The lowest BCUT2D eigenvalue weighted by Gasteiger charge is -2.17. The van der Waals surface area contributed by atoms with Crippen molar-refractivity contribution < 1.29 is 22.9 Å². The Hall–Kier alpha value is -3.19.